The van der Waals surface area contributed by atoms with Gasteiger partial charge in [-0.05, 0) is 29.3 Å². The molecule has 0 radical (unpaired) electrons. The number of nitrogens with one attached hydrogen (secondary N) is 1. The van der Waals surface area contributed by atoms with E-state index in [9.17, 15) is 9.59 Å². The number of fused-ring (bicyclic) bond motifs is 1. The highest BCUT2D eigenvalue weighted by molar-refractivity contribution is 8.00. The molecule has 0 aliphatic carbocycles. The molecule has 8 nitrogen and oxygen atoms in total. The lowest BCUT2D eigenvalue weighted by Gasteiger charge is -2.21. The standard InChI is InChI=1S/C20H18ClN5O3S/c21-15-3-1-2-4-16(15)30-11-18(27)26(10-17-24-25-20(22)29-17)9-12-5-6-13-8-23-19(28)14(13)7-12/h1-7H,8-11H2,(H2,22,25)(H,23,28). The molecule has 0 spiro atoms. The van der Waals surface area contributed by atoms with E-state index in [-0.39, 0.29) is 42.6 Å². The molecule has 0 atom stereocenters. The van der Waals surface area contributed by atoms with E-state index in [1.165, 1.54) is 11.8 Å². The smallest absolute Gasteiger partial charge is 0.312 e. The van der Waals surface area contributed by atoms with Crippen molar-refractivity contribution in [3.63, 3.8) is 0 Å². The summed E-state index contributed by atoms with van der Waals surface area (Å²) in [5, 5.41) is 10.9. The van der Waals surface area contributed by atoms with Gasteiger partial charge in [0.15, 0.2) is 0 Å². The van der Waals surface area contributed by atoms with Crippen molar-refractivity contribution in [1.29, 1.82) is 0 Å². The molecule has 3 N–H and O–H groups in total. The van der Waals surface area contributed by atoms with E-state index in [1.807, 2.05) is 30.3 Å². The van der Waals surface area contributed by atoms with Gasteiger partial charge in [0.25, 0.3) is 5.91 Å². The Bertz CT molecular complexity index is 1100. The maximum Gasteiger partial charge on any atom is 0.312 e. The topological polar surface area (TPSA) is 114 Å². The van der Waals surface area contributed by atoms with Gasteiger partial charge in [0.2, 0.25) is 11.8 Å². The van der Waals surface area contributed by atoms with Crippen LogP contribution in [0.15, 0.2) is 51.8 Å². The number of halogens is 1. The normalized spacial score (nSPS) is 12.5. The number of nitrogens with two attached hydrogens (primary N) is 1. The van der Waals surface area contributed by atoms with Crippen LogP contribution < -0.4 is 11.1 Å². The fourth-order valence-corrected chi connectivity index (χ4v) is 4.24. The molecule has 0 fully saturated rings. The number of hydrogen-bond donors (Lipinski definition) is 2. The molecule has 2 heterocycles. The molecule has 3 aromatic rings. The van der Waals surface area contributed by atoms with Gasteiger partial charge in [-0.25, -0.2) is 0 Å². The molecule has 30 heavy (non-hydrogen) atoms. The Balaban J connectivity index is 1.51. The Labute approximate surface area is 181 Å². The summed E-state index contributed by atoms with van der Waals surface area (Å²) in [6.45, 7) is 0.910. The van der Waals surface area contributed by atoms with Gasteiger partial charge >= 0.3 is 6.01 Å². The number of nitrogen functional groups attached to an aromatic ring is 1. The van der Waals surface area contributed by atoms with Crippen LogP contribution >= 0.6 is 23.4 Å². The molecule has 0 unspecified atom stereocenters. The van der Waals surface area contributed by atoms with E-state index < -0.39 is 0 Å². The van der Waals surface area contributed by atoms with E-state index >= 15 is 0 Å². The quantitative estimate of drug-likeness (QED) is 0.539. The first-order chi connectivity index (χ1) is 14.5. The third kappa shape index (κ3) is 4.58. The Morgan fingerprint density at radius 2 is 2.07 bits per heavy atom. The van der Waals surface area contributed by atoms with Gasteiger partial charge in [0.1, 0.15) is 0 Å². The third-order valence-electron chi connectivity index (χ3n) is 4.58. The van der Waals surface area contributed by atoms with Crippen LogP contribution in [-0.2, 0) is 24.4 Å². The van der Waals surface area contributed by atoms with Crippen LogP contribution in [0, 0.1) is 0 Å². The van der Waals surface area contributed by atoms with E-state index in [1.54, 1.807) is 17.0 Å². The largest absolute Gasteiger partial charge is 0.406 e. The number of nitrogens with zero attached hydrogens (tertiary/aromatic N) is 3. The number of benzene rings is 2. The minimum atomic E-state index is -0.137. The second-order valence-electron chi connectivity index (χ2n) is 6.68. The molecular weight excluding hydrogens is 426 g/mol. The minimum Gasteiger partial charge on any atom is -0.406 e. The molecule has 0 saturated heterocycles. The maximum atomic E-state index is 13.0. The Morgan fingerprint density at radius 1 is 1.23 bits per heavy atom. The zero-order valence-corrected chi connectivity index (χ0v) is 17.4. The van der Waals surface area contributed by atoms with Crippen LogP contribution in [0.5, 0.6) is 0 Å². The number of aromatic nitrogens is 2. The van der Waals surface area contributed by atoms with Gasteiger partial charge in [0.05, 0.1) is 17.3 Å². The van der Waals surface area contributed by atoms with Gasteiger partial charge in [0, 0.05) is 23.5 Å². The highest BCUT2D eigenvalue weighted by Crippen LogP contribution is 2.27. The number of rotatable bonds is 7. The summed E-state index contributed by atoms with van der Waals surface area (Å²) < 4.78 is 5.24. The zero-order chi connectivity index (χ0) is 21.1. The molecule has 2 amide bonds. The Kier molecular flexibility index (Phi) is 5.91. The minimum absolute atomic E-state index is 0.0583. The average Bonchev–Trinajstić information content (AvgIpc) is 3.32. The van der Waals surface area contributed by atoms with E-state index in [0.717, 1.165) is 16.0 Å². The molecule has 154 valence electrons. The van der Waals surface area contributed by atoms with Gasteiger partial charge in [-0.15, -0.1) is 16.9 Å². The SMILES string of the molecule is Nc1nnc(CN(Cc2ccc3c(c2)C(=O)NC3)C(=O)CSc2ccccc2Cl)o1. The summed E-state index contributed by atoms with van der Waals surface area (Å²) in [5.41, 5.74) is 7.91. The van der Waals surface area contributed by atoms with Crippen molar-refractivity contribution in [3.8, 4) is 0 Å². The molecule has 1 aromatic heterocycles. The zero-order valence-electron chi connectivity index (χ0n) is 15.8. The first-order valence-electron chi connectivity index (χ1n) is 9.12. The van der Waals surface area contributed by atoms with E-state index in [4.69, 9.17) is 21.8 Å². The highest BCUT2D eigenvalue weighted by atomic mass is 35.5. The first kappa shape index (κ1) is 20.2. The average molecular weight is 444 g/mol. The van der Waals surface area contributed by atoms with Crippen LogP contribution in [0.4, 0.5) is 6.01 Å². The van der Waals surface area contributed by atoms with Crippen LogP contribution in [0.2, 0.25) is 5.02 Å². The number of thioether (sulfide) groups is 1. The van der Waals surface area contributed by atoms with Crippen molar-refractivity contribution >= 4 is 41.2 Å². The maximum absolute atomic E-state index is 13.0. The predicted molar refractivity (Wildman–Crippen MR) is 113 cm³/mol. The van der Waals surface area contributed by atoms with Crippen molar-refractivity contribution in [2.24, 2.45) is 0 Å². The number of carbonyl (C=O) groups is 2. The number of carbonyl (C=O) groups excluding carboxylic acids is 2. The molecule has 2 aromatic carbocycles. The van der Waals surface area contributed by atoms with Crippen LogP contribution in [0.3, 0.4) is 0 Å². The summed E-state index contributed by atoms with van der Waals surface area (Å²) in [5.74, 6) is 0.173. The first-order valence-corrected chi connectivity index (χ1v) is 10.5. The van der Waals surface area contributed by atoms with Gasteiger partial charge in [-0.2, -0.15) is 0 Å². The Morgan fingerprint density at radius 3 is 2.83 bits per heavy atom. The summed E-state index contributed by atoms with van der Waals surface area (Å²) in [6, 6.07) is 12.9. The van der Waals surface area contributed by atoms with Gasteiger partial charge < -0.3 is 20.4 Å². The molecule has 10 heteroatoms. The van der Waals surface area contributed by atoms with Crippen LogP contribution in [-0.4, -0.2) is 32.7 Å². The fraction of sp³-hybridized carbons (Fsp3) is 0.200. The molecule has 4 rings (SSSR count). The summed E-state index contributed by atoms with van der Waals surface area (Å²) in [6.07, 6.45) is 0. The van der Waals surface area contributed by atoms with Crippen molar-refractivity contribution in [2.75, 3.05) is 11.5 Å². The van der Waals surface area contributed by atoms with Crippen LogP contribution in [0.25, 0.3) is 0 Å². The lowest BCUT2D eigenvalue weighted by atomic mass is 10.1. The summed E-state index contributed by atoms with van der Waals surface area (Å²) in [7, 11) is 0. The third-order valence-corrected chi connectivity index (χ3v) is 6.08. The molecule has 0 bridgehead atoms. The van der Waals surface area contributed by atoms with Crippen molar-refractivity contribution in [1.82, 2.24) is 20.4 Å². The predicted octanol–water partition coefficient (Wildman–Crippen LogP) is 2.87. The summed E-state index contributed by atoms with van der Waals surface area (Å²) >= 11 is 7.54. The second-order valence-corrected chi connectivity index (χ2v) is 8.10. The molecule has 0 saturated carbocycles. The van der Waals surface area contributed by atoms with Gasteiger partial charge in [-0.1, -0.05) is 41.0 Å². The van der Waals surface area contributed by atoms with Crippen molar-refractivity contribution < 1.29 is 14.0 Å². The van der Waals surface area contributed by atoms with E-state index in [2.05, 4.69) is 15.5 Å². The fourth-order valence-electron chi connectivity index (χ4n) is 3.10. The summed E-state index contributed by atoms with van der Waals surface area (Å²) in [4.78, 5) is 27.4. The highest BCUT2D eigenvalue weighted by Gasteiger charge is 2.22. The van der Waals surface area contributed by atoms with Gasteiger partial charge in [-0.3, -0.25) is 9.59 Å². The molecule has 1 aliphatic heterocycles. The molecule has 1 aliphatic rings. The lowest BCUT2D eigenvalue weighted by molar-refractivity contribution is -0.129. The Hall–Kier alpha value is -3.04. The van der Waals surface area contributed by atoms with Crippen molar-refractivity contribution in [3.05, 3.63) is 70.1 Å². The van der Waals surface area contributed by atoms with Crippen LogP contribution in [0.1, 0.15) is 27.4 Å². The molecular formula is C20H18ClN5O3S. The number of hydrogen-bond acceptors (Lipinski definition) is 7. The second kappa shape index (κ2) is 8.76. The monoisotopic (exact) mass is 443 g/mol. The number of anilines is 1. The van der Waals surface area contributed by atoms with E-state index in [0.29, 0.717) is 17.1 Å². The number of amides is 2. The van der Waals surface area contributed by atoms with Crippen molar-refractivity contribution in [2.45, 2.75) is 24.5 Å². The lowest BCUT2D eigenvalue weighted by Crippen LogP contribution is -2.31.